The third-order valence-electron chi connectivity index (χ3n) is 2.99. The largest absolute Gasteiger partial charge is 0.313 e. The van der Waals surface area contributed by atoms with Crippen LogP contribution in [0.2, 0.25) is 0 Å². The van der Waals surface area contributed by atoms with Crippen molar-refractivity contribution in [1.29, 1.82) is 0 Å². The minimum Gasteiger partial charge on any atom is -0.313 e. The molecule has 2 N–H and O–H groups in total. The van der Waals surface area contributed by atoms with Gasteiger partial charge in [0.25, 0.3) is 0 Å². The van der Waals surface area contributed by atoms with Crippen LogP contribution in [0.25, 0.3) is 17.0 Å². The van der Waals surface area contributed by atoms with Crippen molar-refractivity contribution in [2.24, 2.45) is 0 Å². The van der Waals surface area contributed by atoms with Crippen LogP contribution in [-0.4, -0.2) is 28.3 Å². The van der Waals surface area contributed by atoms with Gasteiger partial charge >= 0.3 is 0 Å². The minimum atomic E-state index is 0.746. The van der Waals surface area contributed by atoms with E-state index in [1.54, 1.807) is 6.33 Å². The van der Waals surface area contributed by atoms with E-state index in [2.05, 4.69) is 50.8 Å². The summed E-state index contributed by atoms with van der Waals surface area (Å²) in [6.45, 7) is 2.03. The van der Waals surface area contributed by atoms with Crippen LogP contribution in [0.3, 0.4) is 0 Å². The number of H-pyrrole nitrogens is 1. The standard InChI is InChI=1S/C13H14N4/c1-3-12(13-15-9-16-17-13)4-2-10(1)11-5-7-14-8-6-11/h1-5,9,14H,6-8H2,(H,15,16,17). The molecule has 86 valence electrons. The molecule has 1 aliphatic heterocycles. The zero-order chi connectivity index (χ0) is 11.5. The first-order valence-corrected chi connectivity index (χ1v) is 5.80. The van der Waals surface area contributed by atoms with Gasteiger partial charge in [-0.05, 0) is 24.1 Å². The van der Waals surface area contributed by atoms with Crippen LogP contribution in [0.5, 0.6) is 0 Å². The summed E-state index contributed by atoms with van der Waals surface area (Å²) in [6.07, 6.45) is 4.95. The van der Waals surface area contributed by atoms with E-state index in [1.165, 1.54) is 11.1 Å². The Morgan fingerprint density at radius 3 is 2.53 bits per heavy atom. The molecule has 0 bridgehead atoms. The molecular formula is C13H14N4. The Morgan fingerprint density at radius 1 is 1.06 bits per heavy atom. The molecule has 4 nitrogen and oxygen atoms in total. The van der Waals surface area contributed by atoms with E-state index < -0.39 is 0 Å². The fourth-order valence-electron chi connectivity index (χ4n) is 2.07. The van der Waals surface area contributed by atoms with Crippen LogP contribution in [0, 0.1) is 0 Å². The fraction of sp³-hybridized carbons (Fsp3) is 0.231. The maximum atomic E-state index is 4.14. The van der Waals surface area contributed by atoms with Crippen molar-refractivity contribution in [2.75, 3.05) is 13.1 Å². The molecule has 1 aliphatic rings. The van der Waals surface area contributed by atoms with Crippen LogP contribution >= 0.6 is 0 Å². The Bertz CT molecular complexity index is 511. The maximum Gasteiger partial charge on any atom is 0.180 e. The van der Waals surface area contributed by atoms with Crippen molar-refractivity contribution in [2.45, 2.75) is 6.42 Å². The topological polar surface area (TPSA) is 53.6 Å². The molecule has 0 amide bonds. The van der Waals surface area contributed by atoms with Gasteiger partial charge in [0.2, 0.25) is 0 Å². The van der Waals surface area contributed by atoms with Gasteiger partial charge in [-0.3, -0.25) is 5.10 Å². The fourth-order valence-corrected chi connectivity index (χ4v) is 2.07. The van der Waals surface area contributed by atoms with Gasteiger partial charge in [-0.15, -0.1) is 0 Å². The van der Waals surface area contributed by atoms with Crippen LogP contribution in [0.1, 0.15) is 12.0 Å². The zero-order valence-electron chi connectivity index (χ0n) is 9.48. The summed E-state index contributed by atoms with van der Waals surface area (Å²) in [5, 5.41) is 10.1. The molecule has 3 rings (SSSR count). The van der Waals surface area contributed by atoms with Gasteiger partial charge in [-0.2, -0.15) is 5.10 Å². The second-order valence-electron chi connectivity index (χ2n) is 4.08. The Balaban J connectivity index is 1.87. The van der Waals surface area contributed by atoms with Crippen LogP contribution < -0.4 is 5.32 Å². The van der Waals surface area contributed by atoms with E-state index in [0.717, 1.165) is 30.9 Å². The summed E-state index contributed by atoms with van der Waals surface area (Å²) in [4.78, 5) is 4.14. The molecule has 0 spiro atoms. The van der Waals surface area contributed by atoms with Crippen molar-refractivity contribution in [3.63, 3.8) is 0 Å². The molecule has 4 heteroatoms. The Labute approximate surface area is 99.8 Å². The second kappa shape index (κ2) is 4.51. The first-order valence-electron chi connectivity index (χ1n) is 5.80. The van der Waals surface area contributed by atoms with Crippen LogP contribution in [0.4, 0.5) is 0 Å². The molecule has 0 saturated heterocycles. The van der Waals surface area contributed by atoms with E-state index in [0.29, 0.717) is 0 Å². The number of aromatic nitrogens is 3. The first-order chi connectivity index (χ1) is 8.43. The van der Waals surface area contributed by atoms with Crippen molar-refractivity contribution in [1.82, 2.24) is 20.5 Å². The lowest BCUT2D eigenvalue weighted by Gasteiger charge is -2.14. The molecule has 0 radical (unpaired) electrons. The third kappa shape index (κ3) is 2.12. The molecule has 0 aliphatic carbocycles. The summed E-state index contributed by atoms with van der Waals surface area (Å²) in [5.41, 5.74) is 3.76. The zero-order valence-corrected chi connectivity index (χ0v) is 9.48. The lowest BCUT2D eigenvalue weighted by Crippen LogP contribution is -2.19. The van der Waals surface area contributed by atoms with Crippen molar-refractivity contribution in [3.05, 3.63) is 42.2 Å². The lowest BCUT2D eigenvalue weighted by atomic mass is 9.99. The molecule has 1 aromatic heterocycles. The van der Waals surface area contributed by atoms with E-state index >= 15 is 0 Å². The molecular weight excluding hydrogens is 212 g/mol. The molecule has 2 heterocycles. The molecule has 0 atom stereocenters. The molecule has 1 aromatic carbocycles. The first kappa shape index (κ1) is 10.2. The van der Waals surface area contributed by atoms with Crippen molar-refractivity contribution in [3.8, 4) is 11.4 Å². The summed E-state index contributed by atoms with van der Waals surface area (Å²) >= 11 is 0. The van der Waals surface area contributed by atoms with Gasteiger partial charge < -0.3 is 5.32 Å². The smallest absolute Gasteiger partial charge is 0.180 e. The van der Waals surface area contributed by atoms with E-state index in [4.69, 9.17) is 0 Å². The van der Waals surface area contributed by atoms with Gasteiger partial charge in [0.15, 0.2) is 5.82 Å². The number of hydrogen-bond donors (Lipinski definition) is 2. The van der Waals surface area contributed by atoms with E-state index in [1.807, 2.05) is 0 Å². The van der Waals surface area contributed by atoms with Crippen LogP contribution in [0.15, 0.2) is 36.7 Å². The predicted molar refractivity (Wildman–Crippen MR) is 67.3 cm³/mol. The number of aromatic amines is 1. The van der Waals surface area contributed by atoms with Crippen molar-refractivity contribution >= 4 is 5.57 Å². The normalized spacial score (nSPS) is 15.6. The van der Waals surface area contributed by atoms with Gasteiger partial charge in [0, 0.05) is 12.1 Å². The summed E-state index contributed by atoms with van der Waals surface area (Å²) in [6, 6.07) is 8.43. The van der Waals surface area contributed by atoms with Crippen LogP contribution in [-0.2, 0) is 0 Å². The number of rotatable bonds is 2. The number of nitrogens with zero attached hydrogens (tertiary/aromatic N) is 2. The van der Waals surface area contributed by atoms with E-state index in [-0.39, 0.29) is 0 Å². The molecule has 0 unspecified atom stereocenters. The summed E-state index contributed by atoms with van der Waals surface area (Å²) in [7, 11) is 0. The van der Waals surface area contributed by atoms with Gasteiger partial charge in [0.1, 0.15) is 6.33 Å². The molecule has 17 heavy (non-hydrogen) atoms. The lowest BCUT2D eigenvalue weighted by molar-refractivity contribution is 0.738. The average molecular weight is 226 g/mol. The summed E-state index contributed by atoms with van der Waals surface area (Å²) in [5.74, 6) is 0.746. The highest BCUT2D eigenvalue weighted by molar-refractivity contribution is 5.69. The van der Waals surface area contributed by atoms with E-state index in [9.17, 15) is 0 Å². The van der Waals surface area contributed by atoms with Crippen molar-refractivity contribution < 1.29 is 0 Å². The quantitative estimate of drug-likeness (QED) is 0.821. The Morgan fingerprint density at radius 2 is 1.88 bits per heavy atom. The summed E-state index contributed by atoms with van der Waals surface area (Å²) < 4.78 is 0. The highest BCUT2D eigenvalue weighted by Crippen LogP contribution is 2.22. The van der Waals surface area contributed by atoms with Gasteiger partial charge in [0.05, 0.1) is 0 Å². The Kier molecular flexibility index (Phi) is 2.71. The average Bonchev–Trinajstić information content (AvgIpc) is 2.94. The van der Waals surface area contributed by atoms with Gasteiger partial charge in [-0.1, -0.05) is 30.3 Å². The third-order valence-corrected chi connectivity index (χ3v) is 2.99. The second-order valence-corrected chi connectivity index (χ2v) is 4.08. The SMILES string of the molecule is C1=C(c2ccc(-c3nc[nH]n3)cc2)CCNC1. The number of hydrogen-bond acceptors (Lipinski definition) is 3. The molecule has 2 aromatic rings. The molecule has 0 fully saturated rings. The highest BCUT2D eigenvalue weighted by Gasteiger charge is 2.06. The highest BCUT2D eigenvalue weighted by atomic mass is 15.2. The predicted octanol–water partition coefficient (Wildman–Crippen LogP) is 1.85. The maximum absolute atomic E-state index is 4.14. The Hall–Kier alpha value is -1.94. The number of benzene rings is 1. The number of nitrogens with one attached hydrogen (secondary N) is 2. The molecule has 0 saturated carbocycles. The monoisotopic (exact) mass is 226 g/mol. The van der Waals surface area contributed by atoms with Gasteiger partial charge in [-0.25, -0.2) is 4.98 Å². The minimum absolute atomic E-state index is 0.746.